The predicted molar refractivity (Wildman–Crippen MR) is 132 cm³/mol. The van der Waals surface area contributed by atoms with Crippen molar-refractivity contribution in [2.45, 2.75) is 26.3 Å². The molecule has 0 bridgehead atoms. The molecular weight excluding hydrogens is 428 g/mol. The number of benzene rings is 1. The van der Waals surface area contributed by atoms with Crippen LogP contribution in [0.5, 0.6) is 5.75 Å². The first-order valence-corrected chi connectivity index (χ1v) is 11.7. The molecule has 1 aliphatic rings. The van der Waals surface area contributed by atoms with Crippen molar-refractivity contribution in [3.05, 3.63) is 60.2 Å². The molecule has 8 heteroatoms. The standard InChI is InChI=1S/C26H30N6O2/c1-18-23-12-21(13-28-26(23)32(30-18)17-19-4-6-22(33-3)7-5-19)24-14-27-15-25(29-24)31(2)16-20-8-10-34-11-9-20/h4-7,12-15,20H,8-11,16-17H2,1-3H3. The van der Waals surface area contributed by atoms with Crippen molar-refractivity contribution in [2.75, 3.05) is 38.8 Å². The third-order valence-electron chi connectivity index (χ3n) is 6.44. The summed E-state index contributed by atoms with van der Waals surface area (Å²) in [5, 5.41) is 5.76. The Hall–Kier alpha value is -3.52. The SMILES string of the molecule is COc1ccc(Cn2nc(C)c3cc(-c4cncc(N(C)CC5CCOCC5)n4)cnc32)cc1. The van der Waals surface area contributed by atoms with Crippen molar-refractivity contribution < 1.29 is 9.47 Å². The van der Waals surface area contributed by atoms with E-state index in [1.165, 1.54) is 0 Å². The fourth-order valence-corrected chi connectivity index (χ4v) is 4.45. The number of anilines is 1. The van der Waals surface area contributed by atoms with Crippen LogP contribution in [0.25, 0.3) is 22.3 Å². The van der Waals surface area contributed by atoms with Gasteiger partial charge in [-0.2, -0.15) is 5.10 Å². The number of hydrogen-bond acceptors (Lipinski definition) is 7. The Kier molecular flexibility index (Phi) is 6.40. The molecule has 0 N–H and O–H groups in total. The number of nitrogens with zero attached hydrogens (tertiary/aromatic N) is 6. The fraction of sp³-hybridized carbons (Fsp3) is 0.385. The first-order chi connectivity index (χ1) is 16.6. The number of rotatable bonds is 7. The number of aromatic nitrogens is 5. The van der Waals surface area contributed by atoms with Gasteiger partial charge in [-0.05, 0) is 49.4 Å². The molecule has 0 spiro atoms. The Balaban J connectivity index is 1.38. The first kappa shape index (κ1) is 22.3. The van der Waals surface area contributed by atoms with Crippen molar-refractivity contribution in [1.29, 1.82) is 0 Å². The van der Waals surface area contributed by atoms with E-state index in [-0.39, 0.29) is 0 Å². The summed E-state index contributed by atoms with van der Waals surface area (Å²) < 4.78 is 12.7. The number of fused-ring (bicyclic) bond motifs is 1. The molecule has 1 fully saturated rings. The predicted octanol–water partition coefficient (Wildman–Crippen LogP) is 4.12. The second kappa shape index (κ2) is 9.77. The number of aryl methyl sites for hydroxylation is 1. The fourth-order valence-electron chi connectivity index (χ4n) is 4.45. The molecule has 34 heavy (non-hydrogen) atoms. The average Bonchev–Trinajstić information content (AvgIpc) is 3.19. The largest absolute Gasteiger partial charge is 0.497 e. The minimum absolute atomic E-state index is 0.626. The highest BCUT2D eigenvalue weighted by Gasteiger charge is 2.18. The minimum Gasteiger partial charge on any atom is -0.497 e. The van der Waals surface area contributed by atoms with Crippen molar-refractivity contribution in [1.82, 2.24) is 24.7 Å². The summed E-state index contributed by atoms with van der Waals surface area (Å²) in [6, 6.07) is 10.1. The van der Waals surface area contributed by atoms with Gasteiger partial charge in [0.2, 0.25) is 0 Å². The molecule has 4 aromatic rings. The molecule has 3 aromatic heterocycles. The van der Waals surface area contributed by atoms with Gasteiger partial charge in [0, 0.05) is 44.0 Å². The van der Waals surface area contributed by atoms with Gasteiger partial charge < -0.3 is 14.4 Å². The number of methoxy groups -OCH3 is 1. The van der Waals surface area contributed by atoms with Crippen molar-refractivity contribution in [3.63, 3.8) is 0 Å². The van der Waals surface area contributed by atoms with Crippen LogP contribution in [0.15, 0.2) is 48.9 Å². The second-order valence-corrected chi connectivity index (χ2v) is 8.89. The van der Waals surface area contributed by atoms with Crippen molar-refractivity contribution in [2.24, 2.45) is 5.92 Å². The zero-order valence-corrected chi connectivity index (χ0v) is 19.9. The quantitative estimate of drug-likeness (QED) is 0.412. The van der Waals surface area contributed by atoms with E-state index < -0.39 is 0 Å². The smallest absolute Gasteiger partial charge is 0.158 e. The van der Waals surface area contributed by atoms with Crippen LogP contribution in [-0.4, -0.2) is 58.6 Å². The van der Waals surface area contributed by atoms with Crippen LogP contribution in [0.3, 0.4) is 0 Å². The monoisotopic (exact) mass is 458 g/mol. The summed E-state index contributed by atoms with van der Waals surface area (Å²) in [5.74, 6) is 2.34. The molecule has 0 unspecified atom stereocenters. The summed E-state index contributed by atoms with van der Waals surface area (Å²) >= 11 is 0. The van der Waals surface area contributed by atoms with Gasteiger partial charge in [-0.3, -0.25) is 4.98 Å². The minimum atomic E-state index is 0.626. The van der Waals surface area contributed by atoms with Crippen molar-refractivity contribution in [3.8, 4) is 17.0 Å². The van der Waals surface area contributed by atoms with Crippen LogP contribution >= 0.6 is 0 Å². The number of pyridine rings is 1. The van der Waals surface area contributed by atoms with Crippen LogP contribution in [0.1, 0.15) is 24.1 Å². The van der Waals surface area contributed by atoms with Gasteiger partial charge >= 0.3 is 0 Å². The molecule has 0 aliphatic carbocycles. The molecule has 1 aromatic carbocycles. The normalized spacial score (nSPS) is 14.4. The molecule has 0 radical (unpaired) electrons. The van der Waals surface area contributed by atoms with E-state index in [2.05, 4.69) is 23.0 Å². The highest BCUT2D eigenvalue weighted by Crippen LogP contribution is 2.26. The molecular formula is C26H30N6O2. The zero-order valence-electron chi connectivity index (χ0n) is 19.9. The highest BCUT2D eigenvalue weighted by atomic mass is 16.5. The van der Waals surface area contributed by atoms with E-state index in [1.54, 1.807) is 13.3 Å². The molecule has 0 saturated carbocycles. The lowest BCUT2D eigenvalue weighted by Gasteiger charge is -2.27. The van der Waals surface area contributed by atoms with Gasteiger partial charge in [-0.1, -0.05) is 12.1 Å². The molecule has 176 valence electrons. The third-order valence-corrected chi connectivity index (χ3v) is 6.44. The average molecular weight is 459 g/mol. The summed E-state index contributed by atoms with van der Waals surface area (Å²) in [5.41, 5.74) is 4.69. The Morgan fingerprint density at radius 2 is 1.91 bits per heavy atom. The summed E-state index contributed by atoms with van der Waals surface area (Å²) in [6.07, 6.45) is 7.68. The maximum absolute atomic E-state index is 5.49. The van der Waals surface area contributed by atoms with Gasteiger partial charge in [-0.25, -0.2) is 14.6 Å². The van der Waals surface area contributed by atoms with Crippen LogP contribution in [0.4, 0.5) is 5.82 Å². The lowest BCUT2D eigenvalue weighted by atomic mass is 10.00. The molecule has 5 rings (SSSR count). The first-order valence-electron chi connectivity index (χ1n) is 11.7. The molecule has 1 saturated heterocycles. The van der Waals surface area contributed by atoms with Gasteiger partial charge in [0.1, 0.15) is 11.6 Å². The molecule has 8 nitrogen and oxygen atoms in total. The summed E-state index contributed by atoms with van der Waals surface area (Å²) in [7, 11) is 3.75. The lowest BCUT2D eigenvalue weighted by Crippen LogP contribution is -2.30. The lowest BCUT2D eigenvalue weighted by molar-refractivity contribution is 0.0685. The van der Waals surface area contributed by atoms with E-state index in [1.807, 2.05) is 48.3 Å². The third kappa shape index (κ3) is 4.72. The Labute approximate surface area is 199 Å². The van der Waals surface area contributed by atoms with E-state index in [4.69, 9.17) is 24.5 Å². The molecule has 0 atom stereocenters. The Morgan fingerprint density at radius 3 is 2.68 bits per heavy atom. The Bertz CT molecular complexity index is 1260. The summed E-state index contributed by atoms with van der Waals surface area (Å²) in [6.45, 7) is 5.31. The zero-order chi connectivity index (χ0) is 23.5. The highest BCUT2D eigenvalue weighted by molar-refractivity contribution is 5.83. The summed E-state index contributed by atoms with van der Waals surface area (Å²) in [4.78, 5) is 16.3. The number of hydrogen-bond donors (Lipinski definition) is 0. The van der Waals surface area contributed by atoms with E-state index >= 15 is 0 Å². The van der Waals surface area contributed by atoms with Crippen LogP contribution < -0.4 is 9.64 Å². The maximum atomic E-state index is 5.49. The molecule has 0 amide bonds. The molecule has 4 heterocycles. The van der Waals surface area contributed by atoms with E-state index in [0.29, 0.717) is 12.5 Å². The van der Waals surface area contributed by atoms with Gasteiger partial charge in [0.25, 0.3) is 0 Å². The van der Waals surface area contributed by atoms with Crippen molar-refractivity contribution >= 4 is 16.9 Å². The van der Waals surface area contributed by atoms with Crippen LogP contribution in [0.2, 0.25) is 0 Å². The van der Waals surface area contributed by atoms with Gasteiger partial charge in [0.05, 0.1) is 37.4 Å². The van der Waals surface area contributed by atoms with E-state index in [0.717, 1.165) is 77.7 Å². The van der Waals surface area contributed by atoms with E-state index in [9.17, 15) is 0 Å². The molecule has 1 aliphatic heterocycles. The van der Waals surface area contributed by atoms with Crippen LogP contribution in [0, 0.1) is 12.8 Å². The van der Waals surface area contributed by atoms with Crippen LogP contribution in [-0.2, 0) is 11.3 Å². The topological polar surface area (TPSA) is 78.2 Å². The second-order valence-electron chi connectivity index (χ2n) is 8.89. The van der Waals surface area contributed by atoms with Gasteiger partial charge in [-0.15, -0.1) is 0 Å². The Morgan fingerprint density at radius 1 is 1.12 bits per heavy atom. The maximum Gasteiger partial charge on any atom is 0.158 e. The van der Waals surface area contributed by atoms with Gasteiger partial charge in [0.15, 0.2) is 5.65 Å². The number of ether oxygens (including phenoxy) is 2.